The SMILES string of the molecule is COC(=O)c1ccc(C2=CCN(CC3=C(c4ccc(Cl)cc4)CC(C)(C)CC3)CC2)cc1Oc1cnc2[nH]ccc2c1. The van der Waals surface area contributed by atoms with E-state index in [1.807, 2.05) is 42.6 Å². The van der Waals surface area contributed by atoms with Crippen molar-refractivity contribution >= 4 is 39.7 Å². The molecule has 2 aromatic heterocycles. The molecule has 0 fully saturated rings. The number of halogens is 1. The van der Waals surface area contributed by atoms with Gasteiger partial charge in [-0.15, -0.1) is 0 Å². The lowest BCUT2D eigenvalue weighted by Gasteiger charge is -2.36. The molecule has 7 heteroatoms. The zero-order valence-corrected chi connectivity index (χ0v) is 25.1. The minimum Gasteiger partial charge on any atom is -0.465 e. The van der Waals surface area contributed by atoms with E-state index < -0.39 is 5.97 Å². The molecule has 42 heavy (non-hydrogen) atoms. The van der Waals surface area contributed by atoms with Gasteiger partial charge in [0.15, 0.2) is 0 Å². The molecule has 216 valence electrons. The molecule has 0 bridgehead atoms. The van der Waals surface area contributed by atoms with Crippen LogP contribution in [0.25, 0.3) is 22.2 Å². The van der Waals surface area contributed by atoms with Gasteiger partial charge in [-0.3, -0.25) is 4.90 Å². The van der Waals surface area contributed by atoms with Gasteiger partial charge in [-0.2, -0.15) is 0 Å². The number of hydrogen-bond acceptors (Lipinski definition) is 5. The van der Waals surface area contributed by atoms with E-state index in [1.165, 1.54) is 30.2 Å². The summed E-state index contributed by atoms with van der Waals surface area (Å²) < 4.78 is 11.2. The molecule has 1 N–H and O–H groups in total. The third-order valence-electron chi connectivity index (χ3n) is 8.45. The lowest BCUT2D eigenvalue weighted by atomic mass is 9.72. The molecule has 0 radical (unpaired) electrons. The van der Waals surface area contributed by atoms with Gasteiger partial charge in [-0.1, -0.05) is 55.3 Å². The van der Waals surface area contributed by atoms with Crippen molar-refractivity contribution in [2.24, 2.45) is 5.41 Å². The van der Waals surface area contributed by atoms with Gasteiger partial charge in [-0.25, -0.2) is 9.78 Å². The van der Waals surface area contributed by atoms with Crippen LogP contribution in [0.3, 0.4) is 0 Å². The van der Waals surface area contributed by atoms with Gasteiger partial charge >= 0.3 is 5.97 Å². The number of ether oxygens (including phenoxy) is 2. The van der Waals surface area contributed by atoms with Crippen LogP contribution < -0.4 is 4.74 Å². The van der Waals surface area contributed by atoms with E-state index in [0.29, 0.717) is 22.5 Å². The van der Waals surface area contributed by atoms with Crippen LogP contribution in [-0.2, 0) is 4.74 Å². The van der Waals surface area contributed by atoms with E-state index in [-0.39, 0.29) is 0 Å². The quantitative estimate of drug-likeness (QED) is 0.221. The highest BCUT2D eigenvalue weighted by molar-refractivity contribution is 6.30. The summed E-state index contributed by atoms with van der Waals surface area (Å²) in [5.41, 5.74) is 8.08. The molecule has 3 heterocycles. The van der Waals surface area contributed by atoms with Crippen molar-refractivity contribution in [1.82, 2.24) is 14.9 Å². The monoisotopic (exact) mass is 581 g/mol. The molecular weight excluding hydrogens is 546 g/mol. The average molecular weight is 582 g/mol. The number of carbonyl (C=O) groups is 1. The molecule has 6 rings (SSSR count). The number of allylic oxidation sites excluding steroid dienone is 1. The maximum Gasteiger partial charge on any atom is 0.341 e. The van der Waals surface area contributed by atoms with Crippen LogP contribution in [0.1, 0.15) is 61.0 Å². The van der Waals surface area contributed by atoms with E-state index in [1.54, 1.807) is 17.8 Å². The van der Waals surface area contributed by atoms with Gasteiger partial charge in [0, 0.05) is 36.2 Å². The normalized spacial score (nSPS) is 17.3. The Morgan fingerprint density at radius 2 is 1.88 bits per heavy atom. The van der Waals surface area contributed by atoms with Gasteiger partial charge in [0.25, 0.3) is 0 Å². The highest BCUT2D eigenvalue weighted by Gasteiger charge is 2.29. The second-order valence-electron chi connectivity index (χ2n) is 12.0. The Kier molecular flexibility index (Phi) is 7.93. The van der Waals surface area contributed by atoms with Crippen molar-refractivity contribution in [3.8, 4) is 11.5 Å². The Balaban J connectivity index is 1.22. The first-order chi connectivity index (χ1) is 20.3. The smallest absolute Gasteiger partial charge is 0.341 e. The Morgan fingerprint density at radius 1 is 1.07 bits per heavy atom. The van der Waals surface area contributed by atoms with Crippen molar-refractivity contribution in [2.45, 2.75) is 39.5 Å². The van der Waals surface area contributed by atoms with Crippen molar-refractivity contribution in [1.29, 1.82) is 0 Å². The number of benzene rings is 2. The van der Waals surface area contributed by atoms with Gasteiger partial charge in [0.05, 0.1) is 13.3 Å². The second kappa shape index (κ2) is 11.8. The van der Waals surface area contributed by atoms with Crippen LogP contribution in [0.5, 0.6) is 11.5 Å². The first-order valence-corrected chi connectivity index (χ1v) is 14.9. The number of esters is 1. The molecular formula is C35H36ClN3O3. The summed E-state index contributed by atoms with van der Waals surface area (Å²) in [5.74, 6) is 0.590. The number of nitrogens with zero attached hydrogens (tertiary/aromatic N) is 2. The van der Waals surface area contributed by atoms with Gasteiger partial charge in [-0.05, 0) is 89.8 Å². The van der Waals surface area contributed by atoms with Crippen LogP contribution >= 0.6 is 11.6 Å². The minimum atomic E-state index is -0.434. The van der Waals surface area contributed by atoms with Crippen LogP contribution in [-0.4, -0.2) is 47.6 Å². The number of hydrogen-bond donors (Lipinski definition) is 1. The molecule has 1 aliphatic carbocycles. The molecule has 0 amide bonds. The van der Waals surface area contributed by atoms with E-state index in [4.69, 9.17) is 21.1 Å². The largest absolute Gasteiger partial charge is 0.465 e. The molecule has 0 atom stereocenters. The molecule has 2 aliphatic rings. The predicted octanol–water partition coefficient (Wildman–Crippen LogP) is 8.55. The predicted molar refractivity (Wildman–Crippen MR) is 169 cm³/mol. The standard InChI is InChI=1S/C35H36ClN3O3/c1-35(2)14-10-27(31(20-35)24-4-7-28(36)8-5-24)22-39-16-12-23(13-17-39)25-6-9-30(34(40)41-3)32(19-25)42-29-18-26-11-15-37-33(26)38-21-29/h4-9,11-12,15,18-19,21H,10,13-14,16-17,20,22H2,1-3H3,(H,37,38). The summed E-state index contributed by atoms with van der Waals surface area (Å²) in [6, 6.07) is 17.9. The first kappa shape index (κ1) is 28.3. The van der Waals surface area contributed by atoms with Crippen molar-refractivity contribution in [2.75, 3.05) is 26.7 Å². The Labute approximate surface area is 252 Å². The fourth-order valence-electron chi connectivity index (χ4n) is 6.04. The van der Waals surface area contributed by atoms with E-state index in [9.17, 15) is 4.79 Å². The van der Waals surface area contributed by atoms with E-state index in [0.717, 1.165) is 60.5 Å². The number of fused-ring (bicyclic) bond motifs is 1. The van der Waals surface area contributed by atoms with Gasteiger partial charge in [0.2, 0.25) is 0 Å². The minimum absolute atomic E-state index is 0.299. The summed E-state index contributed by atoms with van der Waals surface area (Å²) in [7, 11) is 1.38. The lowest BCUT2D eigenvalue weighted by molar-refractivity contribution is 0.0598. The lowest BCUT2D eigenvalue weighted by Crippen LogP contribution is -2.32. The zero-order chi connectivity index (χ0) is 29.3. The number of nitrogens with one attached hydrogen (secondary N) is 1. The fraction of sp³-hybridized carbons (Fsp3) is 0.314. The van der Waals surface area contributed by atoms with E-state index in [2.05, 4.69) is 46.9 Å². The number of aromatic nitrogens is 2. The van der Waals surface area contributed by atoms with Gasteiger partial charge in [0.1, 0.15) is 22.7 Å². The van der Waals surface area contributed by atoms with Crippen LogP contribution in [0.2, 0.25) is 5.02 Å². The number of methoxy groups -OCH3 is 1. The fourth-order valence-corrected chi connectivity index (χ4v) is 6.16. The molecule has 2 aromatic carbocycles. The average Bonchev–Trinajstić information content (AvgIpc) is 3.46. The van der Waals surface area contributed by atoms with Crippen molar-refractivity contribution < 1.29 is 14.3 Å². The molecule has 0 saturated carbocycles. The van der Waals surface area contributed by atoms with Crippen LogP contribution in [0.15, 0.2) is 78.6 Å². The number of aromatic amines is 1. The third-order valence-corrected chi connectivity index (χ3v) is 8.70. The summed E-state index contributed by atoms with van der Waals surface area (Å²) in [4.78, 5) is 22.6. The summed E-state index contributed by atoms with van der Waals surface area (Å²) >= 11 is 6.20. The second-order valence-corrected chi connectivity index (χ2v) is 12.5. The molecule has 6 nitrogen and oxygen atoms in total. The molecule has 0 unspecified atom stereocenters. The number of rotatable bonds is 7. The summed E-state index contributed by atoms with van der Waals surface area (Å²) in [6.45, 7) is 7.55. The molecule has 1 aliphatic heterocycles. The first-order valence-electron chi connectivity index (χ1n) is 14.5. The maximum absolute atomic E-state index is 12.5. The third kappa shape index (κ3) is 6.15. The van der Waals surface area contributed by atoms with Crippen LogP contribution in [0, 0.1) is 5.41 Å². The number of H-pyrrole nitrogens is 1. The summed E-state index contributed by atoms with van der Waals surface area (Å²) in [6.07, 6.45) is 10.1. The summed E-state index contributed by atoms with van der Waals surface area (Å²) in [5, 5.41) is 1.71. The number of carbonyl (C=O) groups excluding carboxylic acids is 1. The molecule has 0 spiro atoms. The highest BCUT2D eigenvalue weighted by Crippen LogP contribution is 2.43. The maximum atomic E-state index is 12.5. The van der Waals surface area contributed by atoms with Gasteiger partial charge < -0.3 is 14.5 Å². The molecule has 4 aromatic rings. The zero-order valence-electron chi connectivity index (χ0n) is 24.4. The van der Waals surface area contributed by atoms with Crippen LogP contribution in [0.4, 0.5) is 0 Å². The highest BCUT2D eigenvalue weighted by atomic mass is 35.5. The van der Waals surface area contributed by atoms with Crippen molar-refractivity contribution in [3.05, 3.63) is 100 Å². The Bertz CT molecular complexity index is 1680. The number of pyridine rings is 1. The van der Waals surface area contributed by atoms with Crippen molar-refractivity contribution in [3.63, 3.8) is 0 Å². The molecule has 0 saturated heterocycles. The topological polar surface area (TPSA) is 67.4 Å². The Morgan fingerprint density at radius 3 is 2.64 bits per heavy atom. The van der Waals surface area contributed by atoms with E-state index >= 15 is 0 Å². The Hall–Kier alpha value is -3.87.